The number of rotatable bonds is 4. The summed E-state index contributed by atoms with van der Waals surface area (Å²) in [5, 5.41) is 5.65. The maximum Gasteiger partial charge on any atom is 0.228 e. The normalized spacial score (nSPS) is 12.5. The van der Waals surface area contributed by atoms with Crippen molar-refractivity contribution < 1.29 is 4.79 Å². The number of hydrogen-bond acceptors (Lipinski definition) is 3. The Kier molecular flexibility index (Phi) is 4.07. The van der Waals surface area contributed by atoms with Gasteiger partial charge in [0.25, 0.3) is 0 Å². The molecule has 1 rings (SSSR count). The van der Waals surface area contributed by atoms with Crippen molar-refractivity contribution in [3.63, 3.8) is 0 Å². The Morgan fingerprint density at radius 2 is 2.43 bits per heavy atom. The zero-order chi connectivity index (χ0) is 10.6. The largest absolute Gasteiger partial charge is 0.310 e. The Hall–Kier alpha value is -0.900. The molecule has 1 unspecified atom stereocenters. The highest BCUT2D eigenvalue weighted by atomic mass is 32.1. The number of nitrogens with zero attached hydrogens (tertiary/aromatic N) is 1. The van der Waals surface area contributed by atoms with Crippen LogP contribution in [-0.4, -0.2) is 10.9 Å². The Bertz CT molecular complexity index is 309. The SMILES string of the molecule is CCCC(C)C(=O)Nc1csc(C)n1. The van der Waals surface area contributed by atoms with E-state index < -0.39 is 0 Å². The number of hydrogen-bond donors (Lipinski definition) is 1. The minimum atomic E-state index is 0.0668. The standard InChI is InChI=1S/C10H16N2OS/c1-4-5-7(2)10(13)12-9-6-14-8(3)11-9/h6-7H,4-5H2,1-3H3,(H,12,13). The summed E-state index contributed by atoms with van der Waals surface area (Å²) in [6, 6.07) is 0. The average molecular weight is 212 g/mol. The van der Waals surface area contributed by atoms with E-state index in [0.717, 1.165) is 17.8 Å². The van der Waals surface area contributed by atoms with Crippen molar-refractivity contribution in [2.75, 3.05) is 5.32 Å². The third-order valence-electron chi connectivity index (χ3n) is 2.04. The van der Waals surface area contributed by atoms with Crippen LogP contribution in [0.15, 0.2) is 5.38 Å². The van der Waals surface area contributed by atoms with Gasteiger partial charge in [-0.3, -0.25) is 4.79 Å². The predicted molar refractivity (Wildman–Crippen MR) is 59.6 cm³/mol. The molecular weight excluding hydrogens is 196 g/mol. The molecular formula is C10H16N2OS. The molecule has 3 nitrogen and oxygen atoms in total. The third kappa shape index (κ3) is 3.10. The van der Waals surface area contributed by atoms with Crippen LogP contribution in [0.4, 0.5) is 5.82 Å². The van der Waals surface area contributed by atoms with Gasteiger partial charge in [0.15, 0.2) is 0 Å². The Morgan fingerprint density at radius 3 is 2.93 bits per heavy atom. The van der Waals surface area contributed by atoms with Crippen molar-refractivity contribution in [2.24, 2.45) is 5.92 Å². The van der Waals surface area contributed by atoms with E-state index in [9.17, 15) is 4.79 Å². The molecule has 0 aromatic carbocycles. The number of thiazole rings is 1. The lowest BCUT2D eigenvalue weighted by atomic mass is 10.1. The van der Waals surface area contributed by atoms with Crippen LogP contribution in [0.5, 0.6) is 0 Å². The number of carbonyl (C=O) groups is 1. The van der Waals surface area contributed by atoms with E-state index in [2.05, 4.69) is 17.2 Å². The van der Waals surface area contributed by atoms with Gasteiger partial charge >= 0.3 is 0 Å². The van der Waals surface area contributed by atoms with Gasteiger partial charge in [0.05, 0.1) is 5.01 Å². The van der Waals surface area contributed by atoms with Crippen molar-refractivity contribution in [3.8, 4) is 0 Å². The molecule has 1 heterocycles. The van der Waals surface area contributed by atoms with Crippen LogP contribution in [0, 0.1) is 12.8 Å². The van der Waals surface area contributed by atoms with E-state index in [1.807, 2.05) is 19.2 Å². The monoisotopic (exact) mass is 212 g/mol. The molecule has 1 atom stereocenters. The number of anilines is 1. The van der Waals surface area contributed by atoms with Crippen LogP contribution in [0.3, 0.4) is 0 Å². The quantitative estimate of drug-likeness (QED) is 0.833. The van der Waals surface area contributed by atoms with E-state index in [1.54, 1.807) is 11.3 Å². The van der Waals surface area contributed by atoms with Gasteiger partial charge in [-0.15, -0.1) is 11.3 Å². The molecule has 1 N–H and O–H groups in total. The van der Waals surface area contributed by atoms with Gasteiger partial charge in [-0.05, 0) is 13.3 Å². The topological polar surface area (TPSA) is 42.0 Å². The number of nitrogens with one attached hydrogen (secondary N) is 1. The van der Waals surface area contributed by atoms with Crippen LogP contribution in [0.1, 0.15) is 31.7 Å². The summed E-state index contributed by atoms with van der Waals surface area (Å²) in [5.41, 5.74) is 0. The fraction of sp³-hybridized carbons (Fsp3) is 0.600. The molecule has 1 aromatic heterocycles. The maximum atomic E-state index is 11.6. The van der Waals surface area contributed by atoms with E-state index >= 15 is 0 Å². The fourth-order valence-corrected chi connectivity index (χ4v) is 1.78. The van der Waals surface area contributed by atoms with Crippen LogP contribution in [0.2, 0.25) is 0 Å². The molecule has 1 aromatic rings. The molecule has 0 bridgehead atoms. The molecule has 0 aliphatic heterocycles. The minimum absolute atomic E-state index is 0.0668. The highest BCUT2D eigenvalue weighted by Crippen LogP contribution is 2.14. The lowest BCUT2D eigenvalue weighted by Gasteiger charge is -2.08. The first-order chi connectivity index (χ1) is 6.63. The van der Waals surface area contributed by atoms with Crippen LogP contribution >= 0.6 is 11.3 Å². The third-order valence-corrected chi connectivity index (χ3v) is 2.81. The van der Waals surface area contributed by atoms with Gasteiger partial charge in [0, 0.05) is 11.3 Å². The lowest BCUT2D eigenvalue weighted by molar-refractivity contribution is -0.119. The summed E-state index contributed by atoms with van der Waals surface area (Å²) >= 11 is 1.55. The second kappa shape index (κ2) is 5.10. The van der Waals surface area contributed by atoms with E-state index in [4.69, 9.17) is 0 Å². The maximum absolute atomic E-state index is 11.6. The fourth-order valence-electron chi connectivity index (χ4n) is 1.23. The number of amides is 1. The molecule has 78 valence electrons. The van der Waals surface area contributed by atoms with Crippen molar-refractivity contribution in [2.45, 2.75) is 33.6 Å². The summed E-state index contributed by atoms with van der Waals surface area (Å²) < 4.78 is 0. The molecule has 0 radical (unpaired) electrons. The van der Waals surface area contributed by atoms with Crippen molar-refractivity contribution in [1.29, 1.82) is 0 Å². The van der Waals surface area contributed by atoms with Crippen molar-refractivity contribution >= 4 is 23.1 Å². The molecule has 0 aliphatic carbocycles. The Balaban J connectivity index is 2.48. The molecule has 0 spiro atoms. The summed E-state index contributed by atoms with van der Waals surface area (Å²) in [4.78, 5) is 15.7. The zero-order valence-corrected chi connectivity index (χ0v) is 9.65. The molecule has 0 fully saturated rings. The average Bonchev–Trinajstić information content (AvgIpc) is 2.51. The predicted octanol–water partition coefficient (Wildman–Crippen LogP) is 2.83. The summed E-state index contributed by atoms with van der Waals surface area (Å²) in [6.45, 7) is 5.95. The summed E-state index contributed by atoms with van der Waals surface area (Å²) in [7, 11) is 0. The van der Waals surface area contributed by atoms with Gasteiger partial charge < -0.3 is 5.32 Å². The first-order valence-corrected chi connectivity index (χ1v) is 5.74. The smallest absolute Gasteiger partial charge is 0.228 e. The first-order valence-electron chi connectivity index (χ1n) is 4.86. The second-order valence-corrected chi connectivity index (χ2v) is 4.49. The van der Waals surface area contributed by atoms with Gasteiger partial charge in [0.2, 0.25) is 5.91 Å². The van der Waals surface area contributed by atoms with E-state index in [1.165, 1.54) is 0 Å². The summed E-state index contributed by atoms with van der Waals surface area (Å²) in [5.74, 6) is 0.819. The molecule has 4 heteroatoms. The minimum Gasteiger partial charge on any atom is -0.310 e. The Labute approximate surface area is 88.6 Å². The van der Waals surface area contributed by atoms with E-state index in [0.29, 0.717) is 5.82 Å². The Morgan fingerprint density at radius 1 is 1.71 bits per heavy atom. The van der Waals surface area contributed by atoms with Crippen LogP contribution in [0.25, 0.3) is 0 Å². The van der Waals surface area contributed by atoms with Crippen LogP contribution in [-0.2, 0) is 4.79 Å². The molecule has 0 saturated heterocycles. The molecule has 1 amide bonds. The van der Waals surface area contributed by atoms with Crippen LogP contribution < -0.4 is 5.32 Å². The van der Waals surface area contributed by atoms with Gasteiger partial charge in [-0.2, -0.15) is 0 Å². The lowest BCUT2D eigenvalue weighted by Crippen LogP contribution is -2.20. The molecule has 14 heavy (non-hydrogen) atoms. The van der Waals surface area contributed by atoms with Gasteiger partial charge in [-0.1, -0.05) is 20.3 Å². The number of aromatic nitrogens is 1. The zero-order valence-electron chi connectivity index (χ0n) is 8.83. The van der Waals surface area contributed by atoms with E-state index in [-0.39, 0.29) is 11.8 Å². The van der Waals surface area contributed by atoms with Crippen molar-refractivity contribution in [3.05, 3.63) is 10.4 Å². The molecule has 0 aliphatic rings. The second-order valence-electron chi connectivity index (χ2n) is 3.43. The number of aryl methyl sites for hydroxylation is 1. The highest BCUT2D eigenvalue weighted by Gasteiger charge is 2.12. The summed E-state index contributed by atoms with van der Waals surface area (Å²) in [6.07, 6.45) is 1.96. The highest BCUT2D eigenvalue weighted by molar-refractivity contribution is 7.09. The van der Waals surface area contributed by atoms with Crippen molar-refractivity contribution in [1.82, 2.24) is 4.98 Å². The number of carbonyl (C=O) groups excluding carboxylic acids is 1. The van der Waals surface area contributed by atoms with Gasteiger partial charge in [-0.25, -0.2) is 4.98 Å². The van der Waals surface area contributed by atoms with Gasteiger partial charge in [0.1, 0.15) is 5.82 Å². The first kappa shape index (κ1) is 11.2. The molecule has 0 saturated carbocycles.